The van der Waals surface area contributed by atoms with Crippen LogP contribution in [0.15, 0.2) is 42.5 Å². The van der Waals surface area contributed by atoms with Gasteiger partial charge >= 0.3 is 0 Å². The third-order valence-electron chi connectivity index (χ3n) is 5.69. The van der Waals surface area contributed by atoms with Crippen molar-refractivity contribution in [3.8, 4) is 11.8 Å². The zero-order valence-electron chi connectivity index (χ0n) is 15.3. The third-order valence-corrected chi connectivity index (χ3v) is 5.93. The van der Waals surface area contributed by atoms with E-state index in [1.807, 2.05) is 0 Å². The highest BCUT2D eigenvalue weighted by atomic mass is 35.5. The van der Waals surface area contributed by atoms with E-state index in [1.165, 1.54) is 11.1 Å². The Bertz CT molecular complexity index is 863. The van der Waals surface area contributed by atoms with Gasteiger partial charge in [-0.3, -0.25) is 4.90 Å². The summed E-state index contributed by atoms with van der Waals surface area (Å²) in [5.41, 5.74) is 9.26. The van der Waals surface area contributed by atoms with E-state index in [1.54, 1.807) is 18.2 Å². The number of nitrogens with two attached hydrogens (primary N) is 1. The van der Waals surface area contributed by atoms with Crippen molar-refractivity contribution in [2.24, 2.45) is 5.73 Å². The van der Waals surface area contributed by atoms with Gasteiger partial charge in [-0.05, 0) is 61.6 Å². The van der Waals surface area contributed by atoms with Crippen molar-refractivity contribution >= 4 is 11.6 Å². The van der Waals surface area contributed by atoms with Crippen LogP contribution in [0.4, 0.5) is 0 Å². The van der Waals surface area contributed by atoms with Crippen molar-refractivity contribution in [1.29, 1.82) is 5.26 Å². The molecule has 27 heavy (non-hydrogen) atoms. The van der Waals surface area contributed by atoms with Gasteiger partial charge in [0.25, 0.3) is 0 Å². The number of ether oxygens (including phenoxy) is 1. The first-order chi connectivity index (χ1) is 13.2. The normalized spacial score (nSPS) is 25.4. The minimum atomic E-state index is -0.117. The molecule has 1 aliphatic heterocycles. The average Bonchev–Trinajstić information content (AvgIpc) is 2.69. The monoisotopic (exact) mass is 381 g/mol. The largest absolute Gasteiger partial charge is 0.483 e. The van der Waals surface area contributed by atoms with Gasteiger partial charge in [-0.1, -0.05) is 35.9 Å². The third kappa shape index (κ3) is 3.82. The molecule has 0 amide bonds. The molecule has 4 rings (SSSR count). The Hall–Kier alpha value is -2.06. The number of benzene rings is 2. The summed E-state index contributed by atoms with van der Waals surface area (Å²) < 4.78 is 6.50. The molecule has 140 valence electrons. The Morgan fingerprint density at radius 3 is 2.85 bits per heavy atom. The lowest BCUT2D eigenvalue weighted by Crippen LogP contribution is -2.51. The first kappa shape index (κ1) is 18.3. The summed E-state index contributed by atoms with van der Waals surface area (Å²) in [6.07, 6.45) is 4.16. The Morgan fingerprint density at radius 1 is 1.19 bits per heavy atom. The van der Waals surface area contributed by atoms with Gasteiger partial charge in [0, 0.05) is 17.6 Å². The van der Waals surface area contributed by atoms with E-state index in [-0.39, 0.29) is 18.2 Å². The number of likely N-dealkylation sites (tertiary alicyclic amines) is 1. The van der Waals surface area contributed by atoms with E-state index in [9.17, 15) is 5.26 Å². The van der Waals surface area contributed by atoms with Crippen molar-refractivity contribution in [2.45, 2.75) is 43.9 Å². The molecule has 1 saturated heterocycles. The van der Waals surface area contributed by atoms with Gasteiger partial charge in [-0.25, -0.2) is 0 Å². The van der Waals surface area contributed by atoms with Crippen LogP contribution in [0.1, 0.15) is 42.1 Å². The van der Waals surface area contributed by atoms with E-state index in [0.29, 0.717) is 16.3 Å². The number of piperidine rings is 1. The molecule has 2 aromatic rings. The van der Waals surface area contributed by atoms with Crippen LogP contribution in [0.25, 0.3) is 0 Å². The van der Waals surface area contributed by atoms with Crippen LogP contribution in [0.5, 0.6) is 5.75 Å². The molecule has 0 saturated carbocycles. The number of nitriles is 1. The number of hydrogen-bond donors (Lipinski definition) is 1. The molecule has 0 spiro atoms. The van der Waals surface area contributed by atoms with E-state index in [4.69, 9.17) is 22.1 Å². The molecule has 0 bridgehead atoms. The minimum absolute atomic E-state index is 0.117. The lowest BCUT2D eigenvalue weighted by Gasteiger charge is -2.43. The van der Waals surface area contributed by atoms with Crippen molar-refractivity contribution in [3.63, 3.8) is 0 Å². The van der Waals surface area contributed by atoms with Gasteiger partial charge in [0.1, 0.15) is 17.9 Å². The number of rotatable bonds is 3. The SMILES string of the molecule is N#Cc1cc(Cl)ccc1O[C@H]1c2ccccc2CC[C@@H]1N1CCC[C@H](N)C1. The number of hydrogen-bond acceptors (Lipinski definition) is 4. The summed E-state index contributed by atoms with van der Waals surface area (Å²) in [6, 6.07) is 16.4. The van der Waals surface area contributed by atoms with Gasteiger partial charge < -0.3 is 10.5 Å². The molecular formula is C22H24ClN3O. The lowest BCUT2D eigenvalue weighted by atomic mass is 9.84. The number of nitrogens with zero attached hydrogens (tertiary/aromatic N) is 2. The zero-order chi connectivity index (χ0) is 18.8. The highest BCUT2D eigenvalue weighted by molar-refractivity contribution is 6.30. The van der Waals surface area contributed by atoms with Crippen molar-refractivity contribution in [1.82, 2.24) is 4.90 Å². The summed E-state index contributed by atoms with van der Waals surface area (Å²) in [5.74, 6) is 0.593. The molecule has 2 aliphatic rings. The molecule has 5 heteroatoms. The summed E-state index contributed by atoms with van der Waals surface area (Å²) >= 11 is 6.06. The molecule has 2 aromatic carbocycles. The molecule has 0 unspecified atom stereocenters. The van der Waals surface area contributed by atoms with Gasteiger partial charge in [0.2, 0.25) is 0 Å². The second kappa shape index (κ2) is 7.90. The van der Waals surface area contributed by atoms with Crippen LogP contribution in [0.3, 0.4) is 0 Å². The Labute approximate surface area is 165 Å². The summed E-state index contributed by atoms with van der Waals surface area (Å²) in [5, 5.41) is 10.0. The Morgan fingerprint density at radius 2 is 2.04 bits per heavy atom. The number of aryl methyl sites for hydroxylation is 1. The van der Waals surface area contributed by atoms with Crippen LogP contribution in [-0.4, -0.2) is 30.1 Å². The van der Waals surface area contributed by atoms with Gasteiger partial charge in [-0.15, -0.1) is 0 Å². The second-order valence-corrected chi connectivity index (χ2v) is 7.93. The van der Waals surface area contributed by atoms with Crippen LogP contribution in [-0.2, 0) is 6.42 Å². The maximum absolute atomic E-state index is 9.50. The summed E-state index contributed by atoms with van der Waals surface area (Å²) in [4.78, 5) is 2.48. The molecular weight excluding hydrogens is 358 g/mol. The fourth-order valence-electron chi connectivity index (χ4n) is 4.39. The number of halogens is 1. The van der Waals surface area contributed by atoms with Crippen LogP contribution < -0.4 is 10.5 Å². The predicted octanol–water partition coefficient (Wildman–Crippen LogP) is 4.07. The van der Waals surface area contributed by atoms with E-state index in [0.717, 1.165) is 38.8 Å². The molecule has 4 nitrogen and oxygen atoms in total. The van der Waals surface area contributed by atoms with E-state index >= 15 is 0 Å². The quantitative estimate of drug-likeness (QED) is 0.870. The van der Waals surface area contributed by atoms with Crippen molar-refractivity contribution in [3.05, 3.63) is 64.2 Å². The molecule has 2 N–H and O–H groups in total. The van der Waals surface area contributed by atoms with E-state index in [2.05, 4.69) is 35.2 Å². The molecule has 3 atom stereocenters. The van der Waals surface area contributed by atoms with Crippen LogP contribution in [0.2, 0.25) is 5.02 Å². The topological polar surface area (TPSA) is 62.3 Å². The highest BCUT2D eigenvalue weighted by Gasteiger charge is 2.37. The molecule has 0 aromatic heterocycles. The summed E-state index contributed by atoms with van der Waals surface area (Å²) in [7, 11) is 0. The van der Waals surface area contributed by atoms with Crippen LogP contribution in [0, 0.1) is 11.3 Å². The smallest absolute Gasteiger partial charge is 0.139 e. The van der Waals surface area contributed by atoms with E-state index < -0.39 is 0 Å². The highest BCUT2D eigenvalue weighted by Crippen LogP contribution is 2.38. The lowest BCUT2D eigenvalue weighted by molar-refractivity contribution is 0.0366. The maximum Gasteiger partial charge on any atom is 0.139 e. The molecule has 1 aliphatic carbocycles. The molecule has 1 fully saturated rings. The molecule has 1 heterocycles. The second-order valence-electron chi connectivity index (χ2n) is 7.49. The average molecular weight is 382 g/mol. The molecule has 0 radical (unpaired) electrons. The Kier molecular flexibility index (Phi) is 5.36. The first-order valence-electron chi connectivity index (χ1n) is 9.59. The first-order valence-corrected chi connectivity index (χ1v) is 9.97. The number of fused-ring (bicyclic) bond motifs is 1. The minimum Gasteiger partial charge on any atom is -0.483 e. The summed E-state index contributed by atoms with van der Waals surface area (Å²) in [6.45, 7) is 1.95. The predicted molar refractivity (Wildman–Crippen MR) is 107 cm³/mol. The fraction of sp³-hybridized carbons (Fsp3) is 0.409. The van der Waals surface area contributed by atoms with Crippen molar-refractivity contribution in [2.75, 3.05) is 13.1 Å². The van der Waals surface area contributed by atoms with Crippen LogP contribution >= 0.6 is 11.6 Å². The van der Waals surface area contributed by atoms with Gasteiger partial charge in [-0.2, -0.15) is 5.26 Å². The van der Waals surface area contributed by atoms with Gasteiger partial charge in [0.05, 0.1) is 11.6 Å². The van der Waals surface area contributed by atoms with Gasteiger partial charge in [0.15, 0.2) is 0 Å². The maximum atomic E-state index is 9.50. The Balaban J connectivity index is 1.69. The fourth-order valence-corrected chi connectivity index (χ4v) is 4.56. The standard InChI is InChI=1S/C22H24ClN3O/c23-17-8-10-21(16(12-17)13-24)27-22-19-6-2-1-4-15(19)7-9-20(22)26-11-3-5-18(25)14-26/h1-2,4,6,8,10,12,18,20,22H,3,5,7,9,11,14,25H2/t18-,20-,22-/m0/s1. The zero-order valence-corrected chi connectivity index (χ0v) is 16.0. The van der Waals surface area contributed by atoms with Crippen molar-refractivity contribution < 1.29 is 4.74 Å².